The van der Waals surface area contributed by atoms with Gasteiger partial charge in [0.25, 0.3) is 0 Å². The predicted molar refractivity (Wildman–Crippen MR) is 198 cm³/mol. The number of thioether (sulfide) groups is 1. The van der Waals surface area contributed by atoms with Crippen LogP contribution in [0.15, 0.2) is 119 Å². The van der Waals surface area contributed by atoms with Gasteiger partial charge in [0.2, 0.25) is 0 Å². The van der Waals surface area contributed by atoms with E-state index in [9.17, 15) is 0 Å². The molecule has 5 atom stereocenters. The van der Waals surface area contributed by atoms with E-state index in [-0.39, 0.29) is 0 Å². The monoisotopic (exact) mass is 598 g/mol. The first-order valence-electron chi connectivity index (χ1n) is 17.1. The average molecular weight is 599 g/mol. The molecule has 1 aliphatic heterocycles. The van der Waals surface area contributed by atoms with E-state index in [0.717, 1.165) is 25.7 Å². The lowest BCUT2D eigenvalue weighted by molar-refractivity contribution is 0.520. The smallest absolute Gasteiger partial charge is 0.0163 e. The summed E-state index contributed by atoms with van der Waals surface area (Å²) in [7, 11) is 0. The van der Waals surface area contributed by atoms with Crippen LogP contribution in [0.2, 0.25) is 0 Å². The second-order valence-corrected chi connectivity index (χ2v) is 14.1. The van der Waals surface area contributed by atoms with Gasteiger partial charge < -0.3 is 0 Å². The molecule has 0 saturated carbocycles. The van der Waals surface area contributed by atoms with Crippen molar-refractivity contribution in [2.24, 2.45) is 23.7 Å². The summed E-state index contributed by atoms with van der Waals surface area (Å²) in [6.45, 7) is 28.4. The molecule has 43 heavy (non-hydrogen) atoms. The van der Waals surface area contributed by atoms with Crippen LogP contribution >= 0.6 is 11.8 Å². The van der Waals surface area contributed by atoms with E-state index in [4.69, 9.17) is 0 Å². The highest BCUT2D eigenvalue weighted by Gasteiger charge is 2.32. The molecule has 0 spiro atoms. The molecular weight excluding hydrogens is 537 g/mol. The molecule has 0 radical (unpaired) electrons. The molecule has 0 aromatic carbocycles. The number of allylic oxidation sites excluding steroid dienone is 16. The highest BCUT2D eigenvalue weighted by atomic mass is 32.2. The Bertz CT molecular complexity index is 1140. The van der Waals surface area contributed by atoms with E-state index in [1.165, 1.54) is 54.6 Å². The van der Waals surface area contributed by atoms with E-state index in [0.29, 0.717) is 28.9 Å². The maximum atomic E-state index is 3.92. The van der Waals surface area contributed by atoms with Crippen LogP contribution in [0.5, 0.6) is 0 Å². The third kappa shape index (κ3) is 11.3. The van der Waals surface area contributed by atoms with E-state index in [2.05, 4.69) is 122 Å². The summed E-state index contributed by atoms with van der Waals surface area (Å²) in [6, 6.07) is 0. The molecule has 0 aromatic heterocycles. The van der Waals surface area contributed by atoms with Crippen LogP contribution in [0.25, 0.3) is 0 Å². The largest absolute Gasteiger partial charge is 0.122 e. The van der Waals surface area contributed by atoms with Crippen LogP contribution in [0, 0.1) is 23.7 Å². The van der Waals surface area contributed by atoms with Crippen LogP contribution in [0.3, 0.4) is 0 Å². The minimum Gasteiger partial charge on any atom is -0.122 e. The maximum Gasteiger partial charge on any atom is 0.0163 e. The Morgan fingerprint density at radius 2 is 1.84 bits per heavy atom. The van der Waals surface area contributed by atoms with Crippen molar-refractivity contribution in [1.29, 1.82) is 0 Å². The van der Waals surface area contributed by atoms with E-state index >= 15 is 0 Å². The van der Waals surface area contributed by atoms with Gasteiger partial charge in [-0.25, -0.2) is 0 Å². The molecule has 1 heteroatoms. The molecule has 0 amide bonds. The first-order valence-corrected chi connectivity index (χ1v) is 18.0. The Balaban J connectivity index is 2.36. The Hall–Kier alpha value is -2.25. The highest BCUT2D eigenvalue weighted by molar-refractivity contribution is 8.04. The summed E-state index contributed by atoms with van der Waals surface area (Å²) < 4.78 is 0. The summed E-state index contributed by atoms with van der Waals surface area (Å²) in [4.78, 5) is 1.44. The van der Waals surface area contributed by atoms with E-state index < -0.39 is 0 Å². The molecule has 0 bridgehead atoms. The van der Waals surface area contributed by atoms with Crippen LogP contribution in [0.1, 0.15) is 113 Å². The molecule has 1 aliphatic carbocycles. The van der Waals surface area contributed by atoms with Crippen molar-refractivity contribution in [3.05, 3.63) is 119 Å². The standard InChI is InChI=1S/C42H62S/c1-11-16-20-21-31(6)38(23-18-13-3)27-25-36-26-28-39(40(30-36)35(10)37(15-5)22-17-12-2)32(7)29-42-34(9)33(8)41(43-42)24-19-14-4/h11,13-14,18-19,23-24,27-28,30-32,34,36,42H,1,3-4,12,15-17,20-22,25-26,29H2,2,5-10H3/b23-18-,24-19-,37-35+,38-27+/t31?,32-,34-,36+,42?/m0/s1. The zero-order valence-corrected chi connectivity index (χ0v) is 29.6. The minimum atomic E-state index is 0.536. The normalized spacial score (nSPS) is 23.3. The molecule has 0 saturated heterocycles. The summed E-state index contributed by atoms with van der Waals surface area (Å²) >= 11 is 2.08. The number of hydrogen-bond acceptors (Lipinski definition) is 1. The Morgan fingerprint density at radius 3 is 2.49 bits per heavy atom. The van der Waals surface area contributed by atoms with Crippen molar-refractivity contribution in [2.75, 3.05) is 0 Å². The predicted octanol–water partition coefficient (Wildman–Crippen LogP) is 13.6. The molecule has 0 N–H and O–H groups in total. The van der Waals surface area contributed by atoms with Gasteiger partial charge in [0, 0.05) is 10.2 Å². The first-order chi connectivity index (χ1) is 20.7. The average Bonchev–Trinajstić information content (AvgIpc) is 3.27. The SMILES string of the molecule is C=C/C=C\C1=C(C)[C@H](C)C(C[C@H](C)C2=CC[C@@H](C/C=C(\C=C/C=C)C(C)CCCC=C)C=C2/C(C)=C(\CC)CCCC)S1. The highest BCUT2D eigenvalue weighted by Crippen LogP contribution is 2.47. The number of unbranched alkanes of at least 4 members (excludes halogenated alkanes) is 2. The summed E-state index contributed by atoms with van der Waals surface area (Å²) in [6.07, 6.45) is 34.1. The van der Waals surface area contributed by atoms with Crippen molar-refractivity contribution in [1.82, 2.24) is 0 Å². The van der Waals surface area contributed by atoms with Crippen molar-refractivity contribution >= 4 is 11.8 Å². The van der Waals surface area contributed by atoms with Crippen molar-refractivity contribution < 1.29 is 0 Å². The second-order valence-electron chi connectivity index (χ2n) is 12.8. The molecule has 236 valence electrons. The van der Waals surface area contributed by atoms with E-state index in [1.54, 1.807) is 22.3 Å². The van der Waals surface area contributed by atoms with Crippen LogP contribution in [-0.4, -0.2) is 5.25 Å². The number of hydrogen-bond donors (Lipinski definition) is 0. The fourth-order valence-corrected chi connectivity index (χ4v) is 8.17. The topological polar surface area (TPSA) is 0 Å². The van der Waals surface area contributed by atoms with Crippen molar-refractivity contribution in [3.8, 4) is 0 Å². The van der Waals surface area contributed by atoms with Gasteiger partial charge >= 0.3 is 0 Å². The van der Waals surface area contributed by atoms with Crippen LogP contribution in [-0.2, 0) is 0 Å². The molecule has 0 nitrogen and oxygen atoms in total. The lowest BCUT2D eigenvalue weighted by Crippen LogP contribution is -2.18. The first kappa shape index (κ1) is 36.9. The van der Waals surface area contributed by atoms with Gasteiger partial charge in [0.1, 0.15) is 0 Å². The van der Waals surface area contributed by atoms with Gasteiger partial charge in [0.15, 0.2) is 0 Å². The third-order valence-electron chi connectivity index (χ3n) is 9.65. The molecule has 2 unspecified atom stereocenters. The van der Waals surface area contributed by atoms with Gasteiger partial charge in [-0.15, -0.1) is 18.3 Å². The van der Waals surface area contributed by atoms with Crippen LogP contribution in [0.4, 0.5) is 0 Å². The van der Waals surface area contributed by atoms with Crippen molar-refractivity contribution in [3.63, 3.8) is 0 Å². The van der Waals surface area contributed by atoms with Crippen LogP contribution < -0.4 is 0 Å². The lowest BCUT2D eigenvalue weighted by atomic mass is 9.76. The van der Waals surface area contributed by atoms with Gasteiger partial charge in [-0.1, -0.05) is 120 Å². The Labute approximate surface area is 271 Å². The molecule has 2 rings (SSSR count). The quantitative estimate of drug-likeness (QED) is 0.0809. The molecular formula is C42H62S. The zero-order valence-electron chi connectivity index (χ0n) is 28.8. The third-order valence-corrected chi connectivity index (χ3v) is 11.3. The van der Waals surface area contributed by atoms with Gasteiger partial charge in [-0.3, -0.25) is 0 Å². The maximum absolute atomic E-state index is 3.92. The van der Waals surface area contributed by atoms with Gasteiger partial charge in [0.05, 0.1) is 0 Å². The molecule has 2 aliphatic rings. The number of rotatable bonds is 19. The fraction of sp³-hybridized carbons (Fsp3) is 0.524. The Morgan fingerprint density at radius 1 is 1.09 bits per heavy atom. The Kier molecular flexibility index (Phi) is 17.1. The summed E-state index contributed by atoms with van der Waals surface area (Å²) in [5.41, 5.74) is 9.30. The molecule has 1 heterocycles. The summed E-state index contributed by atoms with van der Waals surface area (Å²) in [5, 5.41) is 0.624. The summed E-state index contributed by atoms with van der Waals surface area (Å²) in [5.74, 6) is 2.23. The van der Waals surface area contributed by atoms with Crippen molar-refractivity contribution in [2.45, 2.75) is 118 Å². The van der Waals surface area contributed by atoms with Gasteiger partial charge in [-0.2, -0.15) is 0 Å². The second kappa shape index (κ2) is 19.9. The van der Waals surface area contributed by atoms with Gasteiger partial charge in [-0.05, 0) is 124 Å². The fourth-order valence-electron chi connectivity index (χ4n) is 6.52. The zero-order chi connectivity index (χ0) is 31.8. The minimum absolute atomic E-state index is 0.536. The van der Waals surface area contributed by atoms with E-state index in [1.807, 2.05) is 18.2 Å². The lowest BCUT2D eigenvalue weighted by Gasteiger charge is -2.30. The molecule has 0 aromatic rings. The molecule has 0 fully saturated rings.